The predicted octanol–water partition coefficient (Wildman–Crippen LogP) is 21.1. The lowest BCUT2D eigenvalue weighted by Crippen LogP contribution is -2.29. The summed E-state index contributed by atoms with van der Waals surface area (Å²) in [6, 6.07) is 0. The first-order chi connectivity index (χ1) is 39.8. The van der Waals surface area contributed by atoms with Gasteiger partial charge >= 0.3 is 19.8 Å². The minimum Gasteiger partial charge on any atom is -0.462 e. The largest absolute Gasteiger partial charge is 0.472 e. The molecule has 0 spiro atoms. The Morgan fingerprint density at radius 2 is 0.642 bits per heavy atom. The van der Waals surface area contributed by atoms with Gasteiger partial charge in [0.15, 0.2) is 6.10 Å². The van der Waals surface area contributed by atoms with E-state index >= 15 is 0 Å². The van der Waals surface area contributed by atoms with Gasteiger partial charge in [0.2, 0.25) is 0 Å². The molecule has 0 aliphatic carbocycles. The summed E-state index contributed by atoms with van der Waals surface area (Å²) in [5.74, 6) is -0.843. The lowest BCUT2D eigenvalue weighted by molar-refractivity contribution is -0.161. The minimum atomic E-state index is -4.40. The maximum atomic E-state index is 12.7. The van der Waals surface area contributed by atoms with E-state index in [1.54, 1.807) is 0 Å². The van der Waals surface area contributed by atoms with Gasteiger partial charge in [-0.05, 0) is 116 Å². The molecule has 0 amide bonds. The molecular formula is C71H118NO8P. The van der Waals surface area contributed by atoms with Gasteiger partial charge in [0, 0.05) is 19.4 Å². The van der Waals surface area contributed by atoms with E-state index in [1.807, 2.05) is 0 Å². The van der Waals surface area contributed by atoms with Crippen LogP contribution in [0.3, 0.4) is 0 Å². The summed E-state index contributed by atoms with van der Waals surface area (Å²) < 4.78 is 33.1. The molecule has 0 aromatic heterocycles. The van der Waals surface area contributed by atoms with E-state index in [2.05, 4.69) is 160 Å². The Bertz CT molecular complexity index is 1830. The smallest absolute Gasteiger partial charge is 0.462 e. The molecule has 0 aromatic rings. The van der Waals surface area contributed by atoms with Gasteiger partial charge in [0.25, 0.3) is 0 Å². The van der Waals surface area contributed by atoms with Crippen LogP contribution in [0.1, 0.15) is 258 Å². The number of hydrogen-bond donors (Lipinski definition) is 2. The van der Waals surface area contributed by atoms with Gasteiger partial charge < -0.3 is 20.1 Å². The maximum Gasteiger partial charge on any atom is 0.472 e. The van der Waals surface area contributed by atoms with Crippen molar-refractivity contribution in [2.24, 2.45) is 5.73 Å². The van der Waals surface area contributed by atoms with Crippen LogP contribution in [0.15, 0.2) is 146 Å². The number of carbonyl (C=O) groups is 2. The van der Waals surface area contributed by atoms with Crippen LogP contribution in [0.2, 0.25) is 0 Å². The van der Waals surface area contributed by atoms with E-state index in [-0.39, 0.29) is 38.6 Å². The SMILES string of the molecule is CC/C=C\C/C=C\C/C=C\C/C=C\C/C=C\C/C=C\C/C=C\C/C=C\CCCCCCCCCCC(=O)OC(COC(=O)CCCCCCCCCCCCCCCC/C=C\C/C=C\C/C=C\C/C=C\CC)COP(=O)(O)OCCN. The van der Waals surface area contributed by atoms with Crippen molar-refractivity contribution in [2.45, 2.75) is 264 Å². The highest BCUT2D eigenvalue weighted by Gasteiger charge is 2.26. The number of esters is 2. The molecule has 0 saturated carbocycles. The number of unbranched alkanes of at least 4 members (excludes halogenated alkanes) is 22. The van der Waals surface area contributed by atoms with Gasteiger partial charge in [-0.1, -0.05) is 275 Å². The molecule has 0 fully saturated rings. The first-order valence-electron chi connectivity index (χ1n) is 32.3. The summed E-state index contributed by atoms with van der Waals surface area (Å²) >= 11 is 0. The van der Waals surface area contributed by atoms with E-state index in [0.717, 1.165) is 122 Å². The highest BCUT2D eigenvalue weighted by molar-refractivity contribution is 7.47. The molecule has 10 heteroatoms. The molecule has 0 aliphatic heterocycles. The molecule has 460 valence electrons. The Balaban J connectivity index is 3.99. The number of carbonyl (C=O) groups excluding carboxylic acids is 2. The third kappa shape index (κ3) is 64.9. The summed E-state index contributed by atoms with van der Waals surface area (Å²) in [5.41, 5.74) is 5.39. The number of hydrogen-bond acceptors (Lipinski definition) is 8. The van der Waals surface area contributed by atoms with Crippen LogP contribution in [0.25, 0.3) is 0 Å². The molecular weight excluding hydrogens is 1030 g/mol. The van der Waals surface area contributed by atoms with Gasteiger partial charge in [-0.2, -0.15) is 0 Å². The second-order valence-electron chi connectivity index (χ2n) is 20.9. The number of phosphoric acid groups is 1. The molecule has 0 radical (unpaired) electrons. The molecule has 0 aliphatic rings. The van der Waals surface area contributed by atoms with Crippen molar-refractivity contribution >= 4 is 19.8 Å². The quantitative estimate of drug-likeness (QED) is 0.0264. The average molecular weight is 1140 g/mol. The Hall–Kier alpha value is -4.11. The molecule has 0 bridgehead atoms. The lowest BCUT2D eigenvalue weighted by Gasteiger charge is -2.19. The van der Waals surface area contributed by atoms with Gasteiger partial charge in [0.05, 0.1) is 13.2 Å². The van der Waals surface area contributed by atoms with Gasteiger partial charge in [0.1, 0.15) is 6.61 Å². The van der Waals surface area contributed by atoms with Crippen molar-refractivity contribution in [3.63, 3.8) is 0 Å². The summed E-state index contributed by atoms with van der Waals surface area (Å²) in [5, 5.41) is 0. The normalized spacial score (nSPS) is 14.0. The summed E-state index contributed by atoms with van der Waals surface area (Å²) in [6.45, 7) is 3.51. The predicted molar refractivity (Wildman–Crippen MR) is 348 cm³/mol. The second kappa shape index (κ2) is 65.0. The van der Waals surface area contributed by atoms with Crippen molar-refractivity contribution < 1.29 is 37.6 Å². The molecule has 0 saturated heterocycles. The molecule has 0 aromatic carbocycles. The maximum absolute atomic E-state index is 12.7. The number of ether oxygens (including phenoxy) is 2. The van der Waals surface area contributed by atoms with Crippen LogP contribution in [0.5, 0.6) is 0 Å². The summed E-state index contributed by atoms with van der Waals surface area (Å²) in [4.78, 5) is 35.3. The van der Waals surface area contributed by atoms with Crippen LogP contribution < -0.4 is 5.73 Å². The third-order valence-corrected chi connectivity index (χ3v) is 14.2. The Morgan fingerprint density at radius 3 is 0.951 bits per heavy atom. The van der Waals surface area contributed by atoms with E-state index in [9.17, 15) is 19.0 Å². The third-order valence-electron chi connectivity index (χ3n) is 13.2. The van der Waals surface area contributed by atoms with Crippen molar-refractivity contribution in [3.8, 4) is 0 Å². The number of rotatable bonds is 59. The fourth-order valence-electron chi connectivity index (χ4n) is 8.53. The molecule has 81 heavy (non-hydrogen) atoms. The van der Waals surface area contributed by atoms with Crippen LogP contribution in [-0.2, 0) is 32.7 Å². The van der Waals surface area contributed by atoms with Crippen molar-refractivity contribution in [1.29, 1.82) is 0 Å². The van der Waals surface area contributed by atoms with Crippen molar-refractivity contribution in [2.75, 3.05) is 26.4 Å². The molecule has 3 N–H and O–H groups in total. The fourth-order valence-corrected chi connectivity index (χ4v) is 9.29. The monoisotopic (exact) mass is 1140 g/mol. The van der Waals surface area contributed by atoms with Crippen molar-refractivity contribution in [3.05, 3.63) is 146 Å². The average Bonchev–Trinajstić information content (AvgIpc) is 3.46. The topological polar surface area (TPSA) is 134 Å². The fraction of sp³-hybridized carbons (Fsp3) is 0.634. The van der Waals surface area contributed by atoms with E-state index in [0.29, 0.717) is 6.42 Å². The van der Waals surface area contributed by atoms with E-state index in [4.69, 9.17) is 24.3 Å². The molecule has 0 rings (SSSR count). The van der Waals surface area contributed by atoms with Crippen LogP contribution in [-0.4, -0.2) is 49.3 Å². The van der Waals surface area contributed by atoms with Gasteiger partial charge in [-0.25, -0.2) is 4.57 Å². The first kappa shape index (κ1) is 76.9. The summed E-state index contributed by atoms with van der Waals surface area (Å²) in [6.07, 6.45) is 93.4. The standard InChI is InChI=1S/C71H118NO8P/c1-3-5-7-9-11-13-15-17-19-21-23-25-27-29-31-32-33-34-35-36-38-40-42-44-46-48-50-52-54-56-58-60-62-64-71(74)80-69(68-79-81(75,76)78-66-65-72)67-77-70(73)63-61-59-57-55-53-51-49-47-45-43-41-39-37-30-28-26-24-22-20-18-16-14-12-10-8-6-4-2/h5-8,11-14,17-20,23-26,29,31,33-34,36,38,42,44,69H,3-4,9-10,15-16,21-22,27-28,30,32,35,37,39-41,43,45-68,72H2,1-2H3,(H,75,76)/b7-5-,8-6-,13-11-,14-12-,19-17-,20-18-,25-23-,26-24-,31-29-,34-33-,38-36-,44-42-. The molecule has 2 atom stereocenters. The first-order valence-corrected chi connectivity index (χ1v) is 33.8. The zero-order valence-corrected chi connectivity index (χ0v) is 52.4. The van der Waals surface area contributed by atoms with E-state index in [1.165, 1.54) is 103 Å². The minimum absolute atomic E-state index is 0.0451. The lowest BCUT2D eigenvalue weighted by atomic mass is 10.0. The van der Waals surface area contributed by atoms with Crippen LogP contribution in [0.4, 0.5) is 0 Å². The number of phosphoric ester groups is 1. The number of allylic oxidation sites excluding steroid dienone is 24. The highest BCUT2D eigenvalue weighted by Crippen LogP contribution is 2.43. The molecule has 9 nitrogen and oxygen atoms in total. The highest BCUT2D eigenvalue weighted by atomic mass is 31.2. The zero-order chi connectivity index (χ0) is 58.7. The van der Waals surface area contributed by atoms with E-state index < -0.39 is 26.5 Å². The van der Waals surface area contributed by atoms with Crippen molar-refractivity contribution in [1.82, 2.24) is 0 Å². The zero-order valence-electron chi connectivity index (χ0n) is 51.5. The van der Waals surface area contributed by atoms with Crippen LogP contribution >= 0.6 is 7.82 Å². The number of nitrogens with two attached hydrogens (primary N) is 1. The van der Waals surface area contributed by atoms with Gasteiger partial charge in [-0.15, -0.1) is 0 Å². The molecule has 0 heterocycles. The summed E-state index contributed by atoms with van der Waals surface area (Å²) in [7, 11) is -4.40. The Labute approximate surface area is 496 Å². The van der Waals surface area contributed by atoms with Gasteiger partial charge in [-0.3, -0.25) is 18.6 Å². The Kier molecular flexibility index (Phi) is 61.7. The Morgan fingerprint density at radius 1 is 0.370 bits per heavy atom. The molecule has 2 unspecified atom stereocenters. The van der Waals surface area contributed by atoms with Crippen LogP contribution in [0, 0.1) is 0 Å². The second-order valence-corrected chi connectivity index (χ2v) is 22.3.